The fourth-order valence-electron chi connectivity index (χ4n) is 2.49. The maximum atomic E-state index is 11.3. The van der Waals surface area contributed by atoms with Crippen LogP contribution in [0, 0.1) is 12.3 Å². The van der Waals surface area contributed by atoms with E-state index in [2.05, 4.69) is 16.2 Å². The van der Waals surface area contributed by atoms with Gasteiger partial charge in [0.1, 0.15) is 11.4 Å². The van der Waals surface area contributed by atoms with Crippen LogP contribution >= 0.6 is 0 Å². The number of aromatic carboxylic acids is 1. The first-order valence-corrected chi connectivity index (χ1v) is 7.16. The summed E-state index contributed by atoms with van der Waals surface area (Å²) in [7, 11) is 0. The summed E-state index contributed by atoms with van der Waals surface area (Å²) in [5, 5.41) is 12.4. The second kappa shape index (κ2) is 6.95. The molecule has 0 bridgehead atoms. The molecule has 0 saturated carbocycles. The van der Waals surface area contributed by atoms with Gasteiger partial charge in [-0.15, -0.1) is 12.3 Å². The van der Waals surface area contributed by atoms with Crippen LogP contribution in [-0.4, -0.2) is 22.6 Å². The minimum atomic E-state index is -0.919. The van der Waals surface area contributed by atoms with Gasteiger partial charge in [-0.05, 0) is 50.2 Å². The van der Waals surface area contributed by atoms with Crippen molar-refractivity contribution in [1.29, 1.82) is 0 Å². The third kappa shape index (κ3) is 3.51. The highest BCUT2D eigenvalue weighted by molar-refractivity contribution is 5.93. The fourth-order valence-corrected chi connectivity index (χ4v) is 2.49. The van der Waals surface area contributed by atoms with E-state index in [1.165, 1.54) is 0 Å². The molecule has 0 amide bonds. The molecule has 2 N–H and O–H groups in total. The van der Waals surface area contributed by atoms with Crippen LogP contribution in [0.3, 0.4) is 0 Å². The van der Waals surface area contributed by atoms with Gasteiger partial charge in [-0.1, -0.05) is 0 Å². The van der Waals surface area contributed by atoms with Crippen molar-refractivity contribution in [2.24, 2.45) is 0 Å². The topological polar surface area (TPSA) is 62.2 Å². The second-order valence-corrected chi connectivity index (χ2v) is 5.09. The molecule has 1 aromatic heterocycles. The zero-order valence-corrected chi connectivity index (χ0v) is 11.6. The lowest BCUT2D eigenvalue weighted by Crippen LogP contribution is -2.14. The molecule has 0 unspecified atom stereocenters. The molecule has 1 heterocycles. The van der Waals surface area contributed by atoms with Crippen LogP contribution in [0.4, 0.5) is 5.82 Å². The summed E-state index contributed by atoms with van der Waals surface area (Å²) >= 11 is 0. The number of terminal acetylenes is 1. The van der Waals surface area contributed by atoms with E-state index in [1.54, 1.807) is 6.07 Å². The van der Waals surface area contributed by atoms with Crippen molar-refractivity contribution in [2.75, 3.05) is 11.9 Å². The SMILES string of the molecule is C#CCCCCNc1nc2c(cc1C(=O)O)CCCC2. The molecule has 106 valence electrons. The van der Waals surface area contributed by atoms with E-state index in [1.807, 2.05) is 0 Å². The van der Waals surface area contributed by atoms with Gasteiger partial charge in [0.2, 0.25) is 0 Å². The molecule has 0 atom stereocenters. The first kappa shape index (κ1) is 14.4. The van der Waals surface area contributed by atoms with Crippen LogP contribution in [0.2, 0.25) is 0 Å². The van der Waals surface area contributed by atoms with Crippen molar-refractivity contribution in [2.45, 2.75) is 44.9 Å². The number of fused-ring (bicyclic) bond motifs is 1. The molecule has 0 fully saturated rings. The number of unbranched alkanes of at least 4 members (excludes halogenated alkanes) is 2. The molecule has 4 heteroatoms. The lowest BCUT2D eigenvalue weighted by Gasteiger charge is -2.18. The first-order chi connectivity index (χ1) is 9.72. The predicted octanol–water partition coefficient (Wildman–Crippen LogP) is 2.87. The average molecular weight is 272 g/mol. The number of carboxylic acid groups (broad SMARTS) is 1. The van der Waals surface area contributed by atoms with Crippen LogP contribution < -0.4 is 5.32 Å². The summed E-state index contributed by atoms with van der Waals surface area (Å²) in [6.45, 7) is 0.702. The van der Waals surface area contributed by atoms with E-state index in [0.29, 0.717) is 12.4 Å². The summed E-state index contributed by atoms with van der Waals surface area (Å²) in [5.74, 6) is 2.18. The molecular formula is C16H20N2O2. The van der Waals surface area contributed by atoms with E-state index in [-0.39, 0.29) is 5.56 Å². The van der Waals surface area contributed by atoms with Gasteiger partial charge in [0.25, 0.3) is 0 Å². The third-order valence-corrected chi connectivity index (χ3v) is 3.57. The molecule has 1 aromatic rings. The van der Waals surface area contributed by atoms with Crippen LogP contribution in [0.5, 0.6) is 0 Å². The normalized spacial score (nSPS) is 13.3. The summed E-state index contributed by atoms with van der Waals surface area (Å²) in [6.07, 6.45) is 11.9. The average Bonchev–Trinajstić information content (AvgIpc) is 2.46. The largest absolute Gasteiger partial charge is 0.478 e. The quantitative estimate of drug-likeness (QED) is 0.617. The van der Waals surface area contributed by atoms with Gasteiger partial charge < -0.3 is 10.4 Å². The first-order valence-electron chi connectivity index (χ1n) is 7.16. The number of aromatic nitrogens is 1. The lowest BCUT2D eigenvalue weighted by atomic mass is 9.94. The zero-order valence-electron chi connectivity index (χ0n) is 11.6. The Balaban J connectivity index is 2.09. The monoisotopic (exact) mass is 272 g/mol. The Morgan fingerprint density at radius 2 is 2.20 bits per heavy atom. The smallest absolute Gasteiger partial charge is 0.339 e. The standard InChI is InChI=1S/C16H20N2O2/c1-2-3-4-7-10-17-15-13(16(19)20)11-12-8-5-6-9-14(12)18-15/h1,11H,3-10H2,(H,17,18)(H,19,20). The lowest BCUT2D eigenvalue weighted by molar-refractivity contribution is 0.0697. The van der Waals surface area contributed by atoms with Crippen molar-refractivity contribution in [3.63, 3.8) is 0 Å². The van der Waals surface area contributed by atoms with Crippen molar-refractivity contribution in [3.8, 4) is 12.3 Å². The highest BCUT2D eigenvalue weighted by atomic mass is 16.4. The maximum Gasteiger partial charge on any atom is 0.339 e. The van der Waals surface area contributed by atoms with Crippen LogP contribution in [0.25, 0.3) is 0 Å². The Bertz CT molecular complexity index is 532. The summed E-state index contributed by atoms with van der Waals surface area (Å²) < 4.78 is 0. The van der Waals surface area contributed by atoms with E-state index >= 15 is 0 Å². The number of anilines is 1. The third-order valence-electron chi connectivity index (χ3n) is 3.57. The molecule has 1 aliphatic rings. The van der Waals surface area contributed by atoms with Gasteiger partial charge >= 0.3 is 5.97 Å². The molecule has 0 spiro atoms. The summed E-state index contributed by atoms with van der Waals surface area (Å²) in [5.41, 5.74) is 2.42. The van der Waals surface area contributed by atoms with E-state index in [9.17, 15) is 9.90 Å². The number of nitrogens with zero attached hydrogens (tertiary/aromatic N) is 1. The highest BCUT2D eigenvalue weighted by Crippen LogP contribution is 2.24. The number of carbonyl (C=O) groups is 1. The van der Waals surface area contributed by atoms with Gasteiger partial charge in [-0.25, -0.2) is 9.78 Å². The molecule has 0 aromatic carbocycles. The van der Waals surface area contributed by atoms with Crippen molar-refractivity contribution >= 4 is 11.8 Å². The van der Waals surface area contributed by atoms with Gasteiger partial charge in [0, 0.05) is 18.7 Å². The molecule has 0 radical (unpaired) electrons. The summed E-state index contributed by atoms with van der Waals surface area (Å²) in [4.78, 5) is 15.9. The van der Waals surface area contributed by atoms with Gasteiger partial charge in [0.15, 0.2) is 0 Å². The van der Waals surface area contributed by atoms with Crippen molar-refractivity contribution in [1.82, 2.24) is 4.98 Å². The second-order valence-electron chi connectivity index (χ2n) is 5.09. The highest BCUT2D eigenvalue weighted by Gasteiger charge is 2.18. The van der Waals surface area contributed by atoms with E-state index in [0.717, 1.165) is 56.2 Å². The van der Waals surface area contributed by atoms with E-state index in [4.69, 9.17) is 6.42 Å². The minimum absolute atomic E-state index is 0.280. The number of pyridine rings is 1. The van der Waals surface area contributed by atoms with Crippen molar-refractivity contribution < 1.29 is 9.90 Å². The molecule has 0 saturated heterocycles. The molecule has 0 aliphatic heterocycles. The van der Waals surface area contributed by atoms with Crippen LogP contribution in [0.1, 0.15) is 53.7 Å². The van der Waals surface area contributed by atoms with Crippen molar-refractivity contribution in [3.05, 3.63) is 22.9 Å². The molecule has 4 nitrogen and oxygen atoms in total. The Kier molecular flexibility index (Phi) is 5.00. The molecular weight excluding hydrogens is 252 g/mol. The maximum absolute atomic E-state index is 11.3. The number of rotatable bonds is 6. The van der Waals surface area contributed by atoms with Gasteiger partial charge in [0.05, 0.1) is 0 Å². The predicted molar refractivity (Wildman–Crippen MR) is 79.0 cm³/mol. The molecule has 2 rings (SSSR count). The van der Waals surface area contributed by atoms with Gasteiger partial charge in [-0.2, -0.15) is 0 Å². The van der Waals surface area contributed by atoms with E-state index < -0.39 is 5.97 Å². The zero-order chi connectivity index (χ0) is 14.4. The Morgan fingerprint density at radius 1 is 1.40 bits per heavy atom. The number of aryl methyl sites for hydroxylation is 2. The molecule has 20 heavy (non-hydrogen) atoms. The Morgan fingerprint density at radius 3 is 2.95 bits per heavy atom. The number of hydrogen-bond donors (Lipinski definition) is 2. The number of hydrogen-bond acceptors (Lipinski definition) is 3. The Hall–Kier alpha value is -2.02. The van der Waals surface area contributed by atoms with Crippen LogP contribution in [0.15, 0.2) is 6.07 Å². The number of carboxylic acids is 1. The fraction of sp³-hybridized carbons (Fsp3) is 0.500. The summed E-state index contributed by atoms with van der Waals surface area (Å²) in [6, 6.07) is 1.79. The molecule has 1 aliphatic carbocycles. The van der Waals surface area contributed by atoms with Gasteiger partial charge in [-0.3, -0.25) is 0 Å². The van der Waals surface area contributed by atoms with Crippen LogP contribution in [-0.2, 0) is 12.8 Å². The number of nitrogens with one attached hydrogen (secondary N) is 1. The Labute approximate surface area is 119 Å². The minimum Gasteiger partial charge on any atom is -0.478 e.